The van der Waals surface area contributed by atoms with Crippen LogP contribution < -0.4 is 15.5 Å². The number of rotatable bonds is 6. The van der Waals surface area contributed by atoms with Gasteiger partial charge in [0.1, 0.15) is 11.6 Å². The topological polar surface area (TPSA) is 61.4 Å². The molecule has 3 aromatic carbocycles. The normalized spacial score (nSPS) is 15.4. The van der Waals surface area contributed by atoms with E-state index < -0.39 is 11.7 Å². The summed E-state index contributed by atoms with van der Waals surface area (Å²) in [7, 11) is 0. The first-order valence-electron chi connectivity index (χ1n) is 10.9. The molecule has 1 saturated heterocycles. The number of nitrogens with zero attached hydrogens (tertiary/aromatic N) is 1. The van der Waals surface area contributed by atoms with Crippen LogP contribution in [0.25, 0.3) is 0 Å². The van der Waals surface area contributed by atoms with Gasteiger partial charge < -0.3 is 15.5 Å². The summed E-state index contributed by atoms with van der Waals surface area (Å²) in [6.07, 6.45) is 0.926. The van der Waals surface area contributed by atoms with Gasteiger partial charge in [0.2, 0.25) is 0 Å². The Morgan fingerprint density at radius 2 is 1.76 bits per heavy atom. The molecule has 7 heteroatoms. The maximum atomic E-state index is 13.9. The highest BCUT2D eigenvalue weighted by Crippen LogP contribution is 2.24. The molecular formula is C26H25F2N3O2. The number of nitrogens with one attached hydrogen (secondary N) is 2. The Bertz CT molecular complexity index is 1160. The molecule has 1 aliphatic heterocycles. The van der Waals surface area contributed by atoms with Crippen LogP contribution in [0.1, 0.15) is 32.7 Å². The third-order valence-corrected chi connectivity index (χ3v) is 5.90. The fourth-order valence-corrected chi connectivity index (χ4v) is 3.96. The predicted octanol–water partition coefficient (Wildman–Crippen LogP) is 4.78. The summed E-state index contributed by atoms with van der Waals surface area (Å²) in [6, 6.07) is 17.2. The molecule has 170 valence electrons. The molecule has 1 atom stereocenters. The van der Waals surface area contributed by atoms with Gasteiger partial charge in [-0.05, 0) is 73.4 Å². The summed E-state index contributed by atoms with van der Waals surface area (Å²) in [4.78, 5) is 27.4. The van der Waals surface area contributed by atoms with Gasteiger partial charge in [0, 0.05) is 36.6 Å². The molecule has 0 bridgehead atoms. The van der Waals surface area contributed by atoms with E-state index in [4.69, 9.17) is 0 Å². The molecule has 2 amide bonds. The van der Waals surface area contributed by atoms with Crippen molar-refractivity contribution in [1.82, 2.24) is 5.32 Å². The molecule has 0 saturated carbocycles. The van der Waals surface area contributed by atoms with E-state index in [2.05, 4.69) is 15.5 Å². The third-order valence-electron chi connectivity index (χ3n) is 5.90. The SMILES string of the molecule is Cc1ccc(C(=O)NCC2CCN(c3ccc(F)cc3)C2)cc1NC(=O)c1ccccc1F. The molecule has 1 unspecified atom stereocenters. The van der Waals surface area contributed by atoms with E-state index in [0.29, 0.717) is 17.8 Å². The molecule has 1 aliphatic rings. The number of carbonyl (C=O) groups excluding carboxylic acids is 2. The summed E-state index contributed by atoms with van der Waals surface area (Å²) < 4.78 is 27.1. The molecule has 5 nitrogen and oxygen atoms in total. The van der Waals surface area contributed by atoms with Gasteiger partial charge in [0.25, 0.3) is 11.8 Å². The van der Waals surface area contributed by atoms with E-state index in [-0.39, 0.29) is 23.2 Å². The van der Waals surface area contributed by atoms with Gasteiger partial charge in [0.15, 0.2) is 0 Å². The summed E-state index contributed by atoms with van der Waals surface area (Å²) >= 11 is 0. The minimum atomic E-state index is -0.604. The largest absolute Gasteiger partial charge is 0.371 e. The van der Waals surface area contributed by atoms with Gasteiger partial charge in [0.05, 0.1) is 5.56 Å². The van der Waals surface area contributed by atoms with Crippen molar-refractivity contribution in [1.29, 1.82) is 0 Å². The van der Waals surface area contributed by atoms with E-state index in [1.807, 2.05) is 0 Å². The van der Waals surface area contributed by atoms with Crippen LogP contribution in [-0.4, -0.2) is 31.4 Å². The van der Waals surface area contributed by atoms with Crippen molar-refractivity contribution in [3.8, 4) is 0 Å². The first-order chi connectivity index (χ1) is 15.9. The van der Waals surface area contributed by atoms with Crippen molar-refractivity contribution in [3.05, 3.63) is 95.1 Å². The second-order valence-electron chi connectivity index (χ2n) is 8.25. The second-order valence-corrected chi connectivity index (χ2v) is 8.25. The minimum absolute atomic E-state index is 0.0568. The van der Waals surface area contributed by atoms with Crippen molar-refractivity contribution in [2.75, 3.05) is 29.9 Å². The lowest BCUT2D eigenvalue weighted by molar-refractivity contribution is 0.0946. The van der Waals surface area contributed by atoms with Crippen LogP contribution in [0.2, 0.25) is 0 Å². The Balaban J connectivity index is 1.35. The van der Waals surface area contributed by atoms with Gasteiger partial charge in [-0.25, -0.2) is 8.78 Å². The van der Waals surface area contributed by atoms with Crippen LogP contribution in [0.3, 0.4) is 0 Å². The van der Waals surface area contributed by atoms with Crippen molar-refractivity contribution < 1.29 is 18.4 Å². The lowest BCUT2D eigenvalue weighted by Gasteiger charge is -2.19. The number of amides is 2. The highest BCUT2D eigenvalue weighted by atomic mass is 19.1. The van der Waals surface area contributed by atoms with Crippen LogP contribution in [0.15, 0.2) is 66.7 Å². The Hall–Kier alpha value is -3.74. The summed E-state index contributed by atoms with van der Waals surface area (Å²) in [6.45, 7) is 3.95. The van der Waals surface area contributed by atoms with E-state index in [9.17, 15) is 18.4 Å². The van der Waals surface area contributed by atoms with Gasteiger partial charge in [-0.15, -0.1) is 0 Å². The van der Waals surface area contributed by atoms with Crippen molar-refractivity contribution in [3.63, 3.8) is 0 Å². The number of carbonyl (C=O) groups is 2. The average molecular weight is 450 g/mol. The maximum absolute atomic E-state index is 13.9. The molecule has 0 aliphatic carbocycles. The zero-order valence-electron chi connectivity index (χ0n) is 18.3. The fourth-order valence-electron chi connectivity index (χ4n) is 3.96. The molecule has 0 aromatic heterocycles. The molecule has 0 spiro atoms. The maximum Gasteiger partial charge on any atom is 0.258 e. The van der Waals surface area contributed by atoms with Gasteiger partial charge in [-0.3, -0.25) is 9.59 Å². The average Bonchev–Trinajstić information content (AvgIpc) is 3.28. The number of halogens is 2. The lowest BCUT2D eigenvalue weighted by Crippen LogP contribution is -2.31. The quantitative estimate of drug-likeness (QED) is 0.569. The van der Waals surface area contributed by atoms with Crippen molar-refractivity contribution >= 4 is 23.2 Å². The minimum Gasteiger partial charge on any atom is -0.371 e. The van der Waals surface area contributed by atoms with Crippen molar-refractivity contribution in [2.24, 2.45) is 5.92 Å². The summed E-state index contributed by atoms with van der Waals surface area (Å²) in [5.41, 5.74) is 2.55. The van der Waals surface area contributed by atoms with Gasteiger partial charge in [-0.1, -0.05) is 18.2 Å². The lowest BCUT2D eigenvalue weighted by atomic mass is 10.1. The highest BCUT2D eigenvalue weighted by Gasteiger charge is 2.23. The number of anilines is 2. The van der Waals surface area contributed by atoms with Crippen LogP contribution in [0, 0.1) is 24.5 Å². The Morgan fingerprint density at radius 3 is 2.52 bits per heavy atom. The highest BCUT2D eigenvalue weighted by molar-refractivity contribution is 6.05. The third kappa shape index (κ3) is 5.37. The molecular weight excluding hydrogens is 424 g/mol. The van der Waals surface area contributed by atoms with Gasteiger partial charge in [-0.2, -0.15) is 0 Å². The summed E-state index contributed by atoms with van der Waals surface area (Å²) in [5, 5.41) is 5.66. The van der Waals surface area contributed by atoms with E-state index in [0.717, 1.165) is 30.8 Å². The number of aryl methyl sites for hydroxylation is 1. The van der Waals surface area contributed by atoms with Crippen LogP contribution in [0.4, 0.5) is 20.2 Å². The number of hydrogen-bond acceptors (Lipinski definition) is 3. The zero-order chi connectivity index (χ0) is 23.4. The van der Waals surface area contributed by atoms with Crippen LogP contribution >= 0.6 is 0 Å². The zero-order valence-corrected chi connectivity index (χ0v) is 18.3. The number of hydrogen-bond donors (Lipinski definition) is 2. The van der Waals surface area contributed by atoms with E-state index in [1.165, 1.54) is 30.3 Å². The molecule has 1 fully saturated rings. The first-order valence-corrected chi connectivity index (χ1v) is 10.9. The summed E-state index contributed by atoms with van der Waals surface area (Å²) in [5.74, 6) is -1.39. The molecule has 3 aromatic rings. The van der Waals surface area contributed by atoms with Crippen LogP contribution in [0.5, 0.6) is 0 Å². The van der Waals surface area contributed by atoms with Crippen LogP contribution in [-0.2, 0) is 0 Å². The first kappa shape index (κ1) is 22.5. The monoisotopic (exact) mass is 449 g/mol. The Kier molecular flexibility index (Phi) is 6.68. The molecule has 33 heavy (non-hydrogen) atoms. The molecule has 2 N–H and O–H groups in total. The van der Waals surface area contributed by atoms with Crippen molar-refractivity contribution in [2.45, 2.75) is 13.3 Å². The standard InChI is InChI=1S/C26H25F2N3O2/c1-17-6-7-19(14-24(17)30-26(33)22-4-2-3-5-23(22)28)25(32)29-15-18-12-13-31(16-18)21-10-8-20(27)9-11-21/h2-11,14,18H,12-13,15-16H2,1H3,(H,29,32)(H,30,33). The predicted molar refractivity (Wildman–Crippen MR) is 125 cm³/mol. The van der Waals surface area contributed by atoms with E-state index in [1.54, 1.807) is 43.3 Å². The molecule has 1 heterocycles. The molecule has 4 rings (SSSR count). The Labute approximate surface area is 191 Å². The second kappa shape index (κ2) is 9.81. The smallest absolute Gasteiger partial charge is 0.258 e. The fraction of sp³-hybridized carbons (Fsp3) is 0.231. The molecule has 0 radical (unpaired) electrons. The Morgan fingerprint density at radius 1 is 1.00 bits per heavy atom. The van der Waals surface area contributed by atoms with Gasteiger partial charge >= 0.3 is 0 Å². The van der Waals surface area contributed by atoms with E-state index >= 15 is 0 Å². The number of benzene rings is 3.